The maximum absolute atomic E-state index is 2.37. The van der Waals surface area contributed by atoms with Gasteiger partial charge in [-0.25, -0.2) is 0 Å². The Kier molecular flexibility index (Phi) is 3.12. The molecule has 0 saturated heterocycles. The summed E-state index contributed by atoms with van der Waals surface area (Å²) in [4.78, 5) is 0. The van der Waals surface area contributed by atoms with Gasteiger partial charge in [0.2, 0.25) is 0 Å². The first-order chi connectivity index (χ1) is 13.3. The van der Waals surface area contributed by atoms with E-state index in [1.807, 2.05) is 11.3 Å². The number of thiophene rings is 1. The van der Waals surface area contributed by atoms with E-state index in [1.54, 1.807) is 0 Å². The van der Waals surface area contributed by atoms with E-state index < -0.39 is 0 Å². The summed E-state index contributed by atoms with van der Waals surface area (Å²) in [5, 5.41) is 5.61. The van der Waals surface area contributed by atoms with Crippen molar-refractivity contribution in [2.45, 2.75) is 13.3 Å². The molecule has 0 aliphatic heterocycles. The first-order valence-corrected chi connectivity index (χ1v) is 10.3. The molecule has 0 unspecified atom stereocenters. The Hall–Kier alpha value is -2.90. The molecule has 5 aromatic rings. The Bertz CT molecular complexity index is 1400. The van der Waals surface area contributed by atoms with E-state index >= 15 is 0 Å². The summed E-state index contributed by atoms with van der Waals surface area (Å²) in [5.41, 5.74) is 7.12. The van der Waals surface area contributed by atoms with Crippen molar-refractivity contribution in [3.63, 3.8) is 0 Å². The molecule has 0 nitrogen and oxygen atoms in total. The number of allylic oxidation sites excluding steroid dienone is 1. The topological polar surface area (TPSA) is 0 Å². The molecule has 0 radical (unpaired) electrons. The standard InChI is InChI=1S/C26H18S/c1-2-7-16-12-13-17-15-22-18-8-3-4-9-19(18)24-20-10-5-6-11-23(20)27-26(24)25(22)21(17)14-16/h2-14H,15H2,1H3/b7-2+. The van der Waals surface area contributed by atoms with Crippen LogP contribution in [0.25, 0.3) is 48.1 Å². The van der Waals surface area contributed by atoms with Gasteiger partial charge in [-0.15, -0.1) is 11.3 Å². The quantitative estimate of drug-likeness (QED) is 0.280. The molecule has 4 aromatic carbocycles. The Labute approximate surface area is 162 Å². The van der Waals surface area contributed by atoms with Crippen LogP contribution in [0, 0.1) is 0 Å². The minimum absolute atomic E-state index is 1.03. The summed E-state index contributed by atoms with van der Waals surface area (Å²) in [5.74, 6) is 0. The van der Waals surface area contributed by atoms with E-state index in [2.05, 4.69) is 85.8 Å². The van der Waals surface area contributed by atoms with Gasteiger partial charge < -0.3 is 0 Å². The van der Waals surface area contributed by atoms with Gasteiger partial charge in [-0.2, -0.15) is 0 Å². The van der Waals surface area contributed by atoms with Gasteiger partial charge in [0.05, 0.1) is 0 Å². The number of hydrogen-bond acceptors (Lipinski definition) is 1. The normalized spacial score (nSPS) is 13.1. The lowest BCUT2D eigenvalue weighted by Gasteiger charge is -2.09. The van der Waals surface area contributed by atoms with Crippen LogP contribution < -0.4 is 0 Å². The Morgan fingerprint density at radius 3 is 2.48 bits per heavy atom. The molecule has 1 aromatic heterocycles. The Morgan fingerprint density at radius 2 is 1.63 bits per heavy atom. The monoisotopic (exact) mass is 362 g/mol. The number of fused-ring (bicyclic) bond motifs is 10. The first kappa shape index (κ1) is 15.2. The second-order valence-electron chi connectivity index (χ2n) is 7.29. The molecule has 1 aliphatic rings. The molecular formula is C26H18S. The van der Waals surface area contributed by atoms with Crippen LogP contribution in [0.15, 0.2) is 72.8 Å². The maximum atomic E-state index is 2.37. The molecule has 27 heavy (non-hydrogen) atoms. The molecule has 6 rings (SSSR count). The smallest absolute Gasteiger partial charge is 0.0443 e. The fraction of sp³-hybridized carbons (Fsp3) is 0.0769. The highest BCUT2D eigenvalue weighted by atomic mass is 32.1. The third kappa shape index (κ3) is 2.03. The van der Waals surface area contributed by atoms with E-state index in [0.717, 1.165) is 6.42 Å². The van der Waals surface area contributed by atoms with Crippen molar-refractivity contribution in [2.24, 2.45) is 0 Å². The molecule has 1 heteroatoms. The van der Waals surface area contributed by atoms with Crippen molar-refractivity contribution >= 4 is 48.4 Å². The van der Waals surface area contributed by atoms with Crippen molar-refractivity contribution in [1.82, 2.24) is 0 Å². The molecule has 0 fully saturated rings. The molecule has 0 amide bonds. The van der Waals surface area contributed by atoms with Crippen molar-refractivity contribution < 1.29 is 0 Å². The molecule has 0 bridgehead atoms. The number of benzene rings is 4. The summed E-state index contributed by atoms with van der Waals surface area (Å²) < 4.78 is 2.82. The first-order valence-electron chi connectivity index (χ1n) is 9.46. The van der Waals surface area contributed by atoms with Crippen LogP contribution in [0.1, 0.15) is 23.6 Å². The minimum Gasteiger partial charge on any atom is -0.134 e. The predicted molar refractivity (Wildman–Crippen MR) is 120 cm³/mol. The summed E-state index contributed by atoms with van der Waals surface area (Å²) in [6.45, 7) is 2.08. The molecule has 0 atom stereocenters. The highest BCUT2D eigenvalue weighted by Crippen LogP contribution is 2.50. The zero-order chi connectivity index (χ0) is 18.0. The van der Waals surface area contributed by atoms with Gasteiger partial charge in [0.15, 0.2) is 0 Å². The van der Waals surface area contributed by atoms with E-state index in [-0.39, 0.29) is 0 Å². The van der Waals surface area contributed by atoms with Crippen LogP contribution in [0.4, 0.5) is 0 Å². The van der Waals surface area contributed by atoms with Crippen molar-refractivity contribution in [2.75, 3.05) is 0 Å². The third-order valence-corrected chi connectivity index (χ3v) is 6.96. The Balaban J connectivity index is 1.85. The summed E-state index contributed by atoms with van der Waals surface area (Å²) >= 11 is 1.95. The number of rotatable bonds is 1. The average Bonchev–Trinajstić information content (AvgIpc) is 3.27. The summed E-state index contributed by atoms with van der Waals surface area (Å²) in [7, 11) is 0. The lowest BCUT2D eigenvalue weighted by Crippen LogP contribution is -1.85. The SMILES string of the molecule is C/C=C/c1ccc2c(c1)-c1c(c3ccccc3c3c1sc1ccccc13)C2. The third-order valence-electron chi connectivity index (χ3n) is 5.78. The average molecular weight is 362 g/mol. The fourth-order valence-corrected chi connectivity index (χ4v) is 5.96. The second kappa shape index (κ2) is 5.55. The van der Waals surface area contributed by atoms with E-state index in [1.165, 1.54) is 58.8 Å². The van der Waals surface area contributed by atoms with Crippen LogP contribution >= 0.6 is 11.3 Å². The van der Waals surface area contributed by atoms with Gasteiger partial charge in [0, 0.05) is 25.7 Å². The second-order valence-corrected chi connectivity index (χ2v) is 8.35. The van der Waals surface area contributed by atoms with Gasteiger partial charge >= 0.3 is 0 Å². The predicted octanol–water partition coefficient (Wildman–Crippen LogP) is 7.81. The van der Waals surface area contributed by atoms with E-state index in [0.29, 0.717) is 0 Å². The molecule has 0 spiro atoms. The molecule has 128 valence electrons. The lowest BCUT2D eigenvalue weighted by atomic mass is 9.94. The highest BCUT2D eigenvalue weighted by molar-refractivity contribution is 7.26. The lowest BCUT2D eigenvalue weighted by molar-refractivity contribution is 1.28. The van der Waals surface area contributed by atoms with Gasteiger partial charge in [-0.1, -0.05) is 66.7 Å². The van der Waals surface area contributed by atoms with Crippen molar-refractivity contribution in [3.8, 4) is 11.1 Å². The van der Waals surface area contributed by atoms with E-state index in [9.17, 15) is 0 Å². The number of hydrogen-bond donors (Lipinski definition) is 0. The maximum Gasteiger partial charge on any atom is 0.0443 e. The molecule has 1 heterocycles. The van der Waals surface area contributed by atoms with E-state index in [4.69, 9.17) is 0 Å². The molecular weight excluding hydrogens is 344 g/mol. The van der Waals surface area contributed by atoms with Crippen LogP contribution in [-0.4, -0.2) is 0 Å². The summed E-state index contributed by atoms with van der Waals surface area (Å²) in [6.07, 6.45) is 5.35. The highest BCUT2D eigenvalue weighted by Gasteiger charge is 2.26. The van der Waals surface area contributed by atoms with Crippen LogP contribution in [-0.2, 0) is 6.42 Å². The largest absolute Gasteiger partial charge is 0.134 e. The van der Waals surface area contributed by atoms with Gasteiger partial charge in [-0.05, 0) is 58.5 Å². The fourth-order valence-electron chi connectivity index (χ4n) is 4.66. The molecule has 1 aliphatic carbocycles. The van der Waals surface area contributed by atoms with Crippen LogP contribution in [0.3, 0.4) is 0 Å². The molecule has 0 N–H and O–H groups in total. The zero-order valence-corrected chi connectivity index (χ0v) is 15.9. The molecule has 0 saturated carbocycles. The van der Waals surface area contributed by atoms with Crippen molar-refractivity contribution in [3.05, 3.63) is 89.5 Å². The Morgan fingerprint density at radius 1 is 0.852 bits per heavy atom. The van der Waals surface area contributed by atoms with Crippen LogP contribution in [0.2, 0.25) is 0 Å². The van der Waals surface area contributed by atoms with Crippen molar-refractivity contribution in [1.29, 1.82) is 0 Å². The van der Waals surface area contributed by atoms with Crippen LogP contribution in [0.5, 0.6) is 0 Å². The zero-order valence-electron chi connectivity index (χ0n) is 15.1. The van der Waals surface area contributed by atoms with Gasteiger partial charge in [-0.3, -0.25) is 0 Å². The van der Waals surface area contributed by atoms with Gasteiger partial charge in [0.1, 0.15) is 0 Å². The minimum atomic E-state index is 1.03. The summed E-state index contributed by atoms with van der Waals surface area (Å²) in [6, 6.07) is 24.7. The van der Waals surface area contributed by atoms with Gasteiger partial charge in [0.25, 0.3) is 0 Å².